The highest BCUT2D eigenvalue weighted by Crippen LogP contribution is 2.32. The summed E-state index contributed by atoms with van der Waals surface area (Å²) in [7, 11) is 1.50. The first-order chi connectivity index (χ1) is 8.13. The average Bonchev–Trinajstić information content (AvgIpc) is 2.77. The van der Waals surface area contributed by atoms with E-state index in [1.165, 1.54) is 13.4 Å². The Morgan fingerprint density at radius 2 is 2.29 bits per heavy atom. The number of halogens is 1. The second-order valence-corrected chi connectivity index (χ2v) is 3.71. The van der Waals surface area contributed by atoms with Crippen molar-refractivity contribution in [1.29, 1.82) is 0 Å². The maximum absolute atomic E-state index is 11.0. The zero-order chi connectivity index (χ0) is 12.4. The van der Waals surface area contributed by atoms with Crippen LogP contribution in [0.1, 0.15) is 10.5 Å². The van der Waals surface area contributed by atoms with Crippen molar-refractivity contribution in [3.8, 4) is 17.0 Å². The van der Waals surface area contributed by atoms with E-state index in [2.05, 4.69) is 9.97 Å². The van der Waals surface area contributed by atoms with Gasteiger partial charge in [0.15, 0.2) is 5.69 Å². The number of carboxylic acids is 1. The lowest BCUT2D eigenvalue weighted by Crippen LogP contribution is -2.00. The van der Waals surface area contributed by atoms with Crippen LogP contribution in [-0.2, 0) is 0 Å². The van der Waals surface area contributed by atoms with Crippen molar-refractivity contribution in [1.82, 2.24) is 9.97 Å². The summed E-state index contributed by atoms with van der Waals surface area (Å²) in [5.41, 5.74) is 0.848. The first-order valence-electron chi connectivity index (χ1n) is 4.74. The molecule has 0 radical (unpaired) electrons. The van der Waals surface area contributed by atoms with Crippen LogP contribution in [0.15, 0.2) is 24.5 Å². The van der Waals surface area contributed by atoms with Crippen LogP contribution in [0.3, 0.4) is 0 Å². The summed E-state index contributed by atoms with van der Waals surface area (Å²) in [6, 6.07) is 4.94. The summed E-state index contributed by atoms with van der Waals surface area (Å²) < 4.78 is 5.15. The lowest BCUT2D eigenvalue weighted by Gasteiger charge is -2.07. The minimum atomic E-state index is -1.08. The molecule has 2 N–H and O–H groups in total. The van der Waals surface area contributed by atoms with Crippen molar-refractivity contribution in [2.75, 3.05) is 7.11 Å². The Morgan fingerprint density at radius 1 is 1.53 bits per heavy atom. The van der Waals surface area contributed by atoms with Gasteiger partial charge in [0, 0.05) is 10.6 Å². The van der Waals surface area contributed by atoms with E-state index in [0.29, 0.717) is 22.0 Å². The van der Waals surface area contributed by atoms with Crippen LogP contribution in [0, 0.1) is 0 Å². The predicted octanol–water partition coefficient (Wildman–Crippen LogP) is 2.44. The fourth-order valence-corrected chi connectivity index (χ4v) is 1.70. The molecule has 88 valence electrons. The van der Waals surface area contributed by atoms with Crippen molar-refractivity contribution in [3.05, 3.63) is 35.2 Å². The molecule has 17 heavy (non-hydrogen) atoms. The summed E-state index contributed by atoms with van der Waals surface area (Å²) in [6.07, 6.45) is 1.32. The van der Waals surface area contributed by atoms with Gasteiger partial charge >= 0.3 is 5.97 Å². The van der Waals surface area contributed by atoms with Gasteiger partial charge in [0.2, 0.25) is 0 Å². The molecule has 0 aliphatic rings. The highest BCUT2D eigenvalue weighted by Gasteiger charge is 2.18. The minimum Gasteiger partial charge on any atom is -0.496 e. The lowest BCUT2D eigenvalue weighted by atomic mass is 10.1. The SMILES string of the molecule is COc1ccc(Cl)cc1-c1nc[nH]c1C(=O)O. The van der Waals surface area contributed by atoms with Gasteiger partial charge in [0.25, 0.3) is 0 Å². The fourth-order valence-electron chi connectivity index (χ4n) is 1.53. The summed E-state index contributed by atoms with van der Waals surface area (Å²) in [6.45, 7) is 0. The number of nitrogens with zero attached hydrogens (tertiary/aromatic N) is 1. The first-order valence-corrected chi connectivity index (χ1v) is 5.12. The highest BCUT2D eigenvalue weighted by molar-refractivity contribution is 6.31. The molecule has 5 nitrogen and oxygen atoms in total. The summed E-state index contributed by atoms with van der Waals surface area (Å²) in [4.78, 5) is 17.5. The van der Waals surface area contributed by atoms with Crippen LogP contribution in [0.25, 0.3) is 11.3 Å². The Bertz CT molecular complexity index is 566. The lowest BCUT2D eigenvalue weighted by molar-refractivity contribution is 0.0692. The predicted molar refractivity (Wildman–Crippen MR) is 62.5 cm³/mol. The number of ether oxygens (including phenoxy) is 1. The standard InChI is InChI=1S/C11H9ClN2O3/c1-17-8-3-2-6(12)4-7(8)9-10(11(15)16)14-5-13-9/h2-5H,1H3,(H,13,14)(H,15,16). The van der Waals surface area contributed by atoms with Gasteiger partial charge in [-0.3, -0.25) is 0 Å². The van der Waals surface area contributed by atoms with Crippen molar-refractivity contribution in [3.63, 3.8) is 0 Å². The molecule has 1 heterocycles. The van der Waals surface area contributed by atoms with Crippen LogP contribution < -0.4 is 4.74 Å². The Morgan fingerprint density at radius 3 is 2.94 bits per heavy atom. The van der Waals surface area contributed by atoms with Gasteiger partial charge < -0.3 is 14.8 Å². The van der Waals surface area contributed by atoms with Gasteiger partial charge in [0.05, 0.1) is 13.4 Å². The van der Waals surface area contributed by atoms with Gasteiger partial charge in [-0.25, -0.2) is 9.78 Å². The van der Waals surface area contributed by atoms with Gasteiger partial charge in [0.1, 0.15) is 11.4 Å². The zero-order valence-corrected chi connectivity index (χ0v) is 9.65. The number of aromatic carboxylic acids is 1. The van der Waals surface area contributed by atoms with Crippen molar-refractivity contribution < 1.29 is 14.6 Å². The van der Waals surface area contributed by atoms with E-state index < -0.39 is 5.97 Å². The molecular formula is C11H9ClN2O3. The molecule has 1 aromatic heterocycles. The second kappa shape index (κ2) is 4.47. The van der Waals surface area contributed by atoms with E-state index in [-0.39, 0.29) is 5.69 Å². The van der Waals surface area contributed by atoms with Crippen LogP contribution >= 0.6 is 11.6 Å². The summed E-state index contributed by atoms with van der Waals surface area (Å²) >= 11 is 5.88. The van der Waals surface area contributed by atoms with E-state index in [9.17, 15) is 4.79 Å². The third-order valence-corrected chi connectivity index (χ3v) is 2.50. The topological polar surface area (TPSA) is 75.2 Å². The van der Waals surface area contributed by atoms with Crippen LogP contribution in [0.5, 0.6) is 5.75 Å². The summed E-state index contributed by atoms with van der Waals surface area (Å²) in [5, 5.41) is 9.49. The normalized spacial score (nSPS) is 10.2. The van der Waals surface area contributed by atoms with E-state index >= 15 is 0 Å². The number of hydrogen-bond donors (Lipinski definition) is 2. The van der Waals surface area contributed by atoms with Crippen LogP contribution in [0.4, 0.5) is 0 Å². The molecule has 0 atom stereocenters. The fraction of sp³-hybridized carbons (Fsp3) is 0.0909. The van der Waals surface area contributed by atoms with Crippen LogP contribution in [0.2, 0.25) is 5.02 Å². The third-order valence-electron chi connectivity index (χ3n) is 2.27. The molecule has 0 aliphatic heterocycles. The third kappa shape index (κ3) is 2.09. The van der Waals surface area contributed by atoms with Gasteiger partial charge in [-0.2, -0.15) is 0 Å². The minimum absolute atomic E-state index is 0.00515. The molecule has 0 amide bonds. The Labute approximate surface area is 102 Å². The van der Waals surface area contributed by atoms with Crippen molar-refractivity contribution >= 4 is 17.6 Å². The Hall–Kier alpha value is -2.01. The van der Waals surface area contributed by atoms with E-state index in [0.717, 1.165) is 0 Å². The van der Waals surface area contributed by atoms with Gasteiger partial charge in [-0.05, 0) is 18.2 Å². The number of hydrogen-bond acceptors (Lipinski definition) is 3. The van der Waals surface area contributed by atoms with Gasteiger partial charge in [-0.15, -0.1) is 0 Å². The molecular weight excluding hydrogens is 244 g/mol. The van der Waals surface area contributed by atoms with E-state index in [1.807, 2.05) is 0 Å². The van der Waals surface area contributed by atoms with E-state index in [1.54, 1.807) is 18.2 Å². The molecule has 0 fully saturated rings. The molecule has 2 aromatic rings. The average molecular weight is 253 g/mol. The number of imidazole rings is 1. The first kappa shape index (κ1) is 11.5. The summed E-state index contributed by atoms with van der Waals surface area (Å²) in [5.74, 6) is -0.566. The zero-order valence-electron chi connectivity index (χ0n) is 8.90. The molecule has 0 saturated heterocycles. The monoisotopic (exact) mass is 252 g/mol. The maximum Gasteiger partial charge on any atom is 0.354 e. The molecule has 6 heteroatoms. The van der Waals surface area contributed by atoms with Crippen molar-refractivity contribution in [2.45, 2.75) is 0 Å². The quantitative estimate of drug-likeness (QED) is 0.880. The number of aromatic amines is 1. The molecule has 1 aromatic carbocycles. The number of benzene rings is 1. The number of aromatic nitrogens is 2. The Balaban J connectivity index is 2.63. The molecule has 2 rings (SSSR count). The largest absolute Gasteiger partial charge is 0.496 e. The van der Waals surface area contributed by atoms with Crippen LogP contribution in [-0.4, -0.2) is 28.2 Å². The number of nitrogens with one attached hydrogen (secondary N) is 1. The van der Waals surface area contributed by atoms with E-state index in [4.69, 9.17) is 21.4 Å². The molecule has 0 unspecified atom stereocenters. The highest BCUT2D eigenvalue weighted by atomic mass is 35.5. The number of carbonyl (C=O) groups is 1. The maximum atomic E-state index is 11.0. The van der Waals surface area contributed by atoms with Gasteiger partial charge in [-0.1, -0.05) is 11.6 Å². The number of rotatable bonds is 3. The smallest absolute Gasteiger partial charge is 0.354 e. The molecule has 0 spiro atoms. The second-order valence-electron chi connectivity index (χ2n) is 3.28. The number of H-pyrrole nitrogens is 1. The molecule has 0 bridgehead atoms. The Kier molecular flexibility index (Phi) is 3.01. The van der Waals surface area contributed by atoms with Crippen molar-refractivity contribution in [2.24, 2.45) is 0 Å². The number of carboxylic acid groups (broad SMARTS) is 1. The molecule has 0 aliphatic carbocycles. The molecule has 0 saturated carbocycles. The number of methoxy groups -OCH3 is 1.